The Morgan fingerprint density at radius 3 is 2.57 bits per heavy atom. The maximum absolute atomic E-state index is 6.34. The van der Waals surface area contributed by atoms with E-state index >= 15 is 0 Å². The van der Waals surface area contributed by atoms with Crippen LogP contribution in [-0.4, -0.2) is 22.6 Å². The zero-order valence-electron chi connectivity index (χ0n) is 16.9. The molecule has 1 aromatic heterocycles. The zero-order valence-corrected chi connectivity index (χ0v) is 16.9. The van der Waals surface area contributed by atoms with Gasteiger partial charge in [0.15, 0.2) is 11.5 Å². The second-order valence-electron chi connectivity index (χ2n) is 8.06. The molecule has 2 aromatic carbocycles. The molecule has 0 radical (unpaired) electrons. The number of hydrogen-bond acceptors (Lipinski definition) is 7. The van der Waals surface area contributed by atoms with Crippen molar-refractivity contribution in [2.45, 2.75) is 50.6 Å². The topological polar surface area (TPSA) is 106 Å². The predicted molar refractivity (Wildman–Crippen MR) is 119 cm³/mol. The van der Waals surface area contributed by atoms with Gasteiger partial charge in [-0.15, -0.1) is 0 Å². The van der Waals surface area contributed by atoms with Crippen molar-refractivity contribution < 1.29 is 4.42 Å². The Bertz CT molecular complexity index is 1110. The molecule has 1 aliphatic heterocycles. The molecule has 1 fully saturated rings. The van der Waals surface area contributed by atoms with Crippen molar-refractivity contribution >= 4 is 28.7 Å². The molecule has 0 atom stereocenters. The summed E-state index contributed by atoms with van der Waals surface area (Å²) in [7, 11) is 0. The molecule has 0 amide bonds. The van der Waals surface area contributed by atoms with Crippen molar-refractivity contribution in [3.8, 4) is 0 Å². The number of oxazole rings is 1. The Balaban J connectivity index is 1.44. The van der Waals surface area contributed by atoms with Crippen molar-refractivity contribution in [2.24, 2.45) is 21.5 Å². The van der Waals surface area contributed by atoms with Crippen LogP contribution in [0.1, 0.15) is 43.6 Å². The van der Waals surface area contributed by atoms with E-state index in [2.05, 4.69) is 29.3 Å². The molecule has 30 heavy (non-hydrogen) atoms. The highest BCUT2D eigenvalue weighted by molar-refractivity contribution is 6.06. The SMILES string of the molecule is NC1=NC2(CCCCC2)N(c2ccc3oc(CCc4ccccc4)nc3c2)C(N)=N1. The van der Waals surface area contributed by atoms with Crippen LogP contribution in [0.2, 0.25) is 0 Å². The van der Waals surface area contributed by atoms with Gasteiger partial charge in [0.25, 0.3) is 0 Å². The van der Waals surface area contributed by atoms with Crippen LogP contribution >= 0.6 is 0 Å². The first-order valence-electron chi connectivity index (χ1n) is 10.6. The summed E-state index contributed by atoms with van der Waals surface area (Å²) in [4.78, 5) is 15.7. The van der Waals surface area contributed by atoms with Gasteiger partial charge >= 0.3 is 0 Å². The lowest BCUT2D eigenvalue weighted by atomic mass is 9.87. The van der Waals surface area contributed by atoms with Crippen LogP contribution < -0.4 is 16.4 Å². The van der Waals surface area contributed by atoms with Crippen LogP contribution in [0.3, 0.4) is 0 Å². The van der Waals surface area contributed by atoms with Gasteiger partial charge in [-0.05, 0) is 55.9 Å². The lowest BCUT2D eigenvalue weighted by molar-refractivity contribution is 0.305. The number of nitrogens with two attached hydrogens (primary N) is 2. The van der Waals surface area contributed by atoms with Crippen LogP contribution in [0.5, 0.6) is 0 Å². The fourth-order valence-corrected chi connectivity index (χ4v) is 4.60. The number of fused-ring (bicyclic) bond motifs is 1. The predicted octanol–water partition coefficient (Wildman–Crippen LogP) is 3.72. The van der Waals surface area contributed by atoms with Crippen LogP contribution in [-0.2, 0) is 12.8 Å². The Labute approximate surface area is 175 Å². The number of guanidine groups is 2. The van der Waals surface area contributed by atoms with E-state index in [1.165, 1.54) is 12.0 Å². The summed E-state index contributed by atoms with van der Waals surface area (Å²) in [5, 5.41) is 0. The summed E-state index contributed by atoms with van der Waals surface area (Å²) in [6.45, 7) is 0. The molecule has 154 valence electrons. The van der Waals surface area contributed by atoms with Gasteiger partial charge in [0.1, 0.15) is 11.2 Å². The first-order valence-corrected chi connectivity index (χ1v) is 10.6. The van der Waals surface area contributed by atoms with Crippen LogP contribution in [0.4, 0.5) is 5.69 Å². The highest BCUT2D eigenvalue weighted by Crippen LogP contribution is 2.40. The van der Waals surface area contributed by atoms with Crippen molar-refractivity contribution in [1.29, 1.82) is 0 Å². The molecule has 2 aliphatic rings. The van der Waals surface area contributed by atoms with Gasteiger partial charge in [-0.25, -0.2) is 9.98 Å². The normalized spacial score (nSPS) is 18.5. The quantitative estimate of drug-likeness (QED) is 0.692. The number of aryl methyl sites for hydroxylation is 2. The minimum atomic E-state index is -0.457. The lowest BCUT2D eigenvalue weighted by Gasteiger charge is -2.45. The molecular weight excluding hydrogens is 376 g/mol. The van der Waals surface area contributed by atoms with E-state index in [4.69, 9.17) is 25.9 Å². The molecule has 7 heteroatoms. The maximum Gasteiger partial charge on any atom is 0.220 e. The number of aliphatic imine (C=N–C) groups is 2. The highest BCUT2D eigenvalue weighted by Gasteiger charge is 2.42. The molecule has 1 aliphatic carbocycles. The van der Waals surface area contributed by atoms with E-state index < -0.39 is 5.66 Å². The average molecular weight is 403 g/mol. The van der Waals surface area contributed by atoms with E-state index in [1.807, 2.05) is 29.2 Å². The summed E-state index contributed by atoms with van der Waals surface area (Å²) >= 11 is 0. The minimum absolute atomic E-state index is 0.261. The first kappa shape index (κ1) is 18.7. The van der Waals surface area contributed by atoms with Crippen molar-refractivity contribution in [2.75, 3.05) is 4.90 Å². The van der Waals surface area contributed by atoms with Gasteiger partial charge in [-0.3, -0.25) is 4.90 Å². The van der Waals surface area contributed by atoms with Gasteiger partial charge in [-0.1, -0.05) is 36.8 Å². The Morgan fingerprint density at radius 1 is 0.967 bits per heavy atom. The number of anilines is 1. The third-order valence-electron chi connectivity index (χ3n) is 6.00. The van der Waals surface area contributed by atoms with E-state index in [9.17, 15) is 0 Å². The number of aromatic nitrogens is 1. The molecule has 7 nitrogen and oxygen atoms in total. The highest BCUT2D eigenvalue weighted by atomic mass is 16.3. The van der Waals surface area contributed by atoms with Gasteiger partial charge in [0.05, 0.1) is 0 Å². The van der Waals surface area contributed by atoms with E-state index in [0.29, 0.717) is 5.96 Å². The van der Waals surface area contributed by atoms with Crippen molar-refractivity contribution in [3.63, 3.8) is 0 Å². The summed E-state index contributed by atoms with van der Waals surface area (Å²) in [6.07, 6.45) is 6.85. The Morgan fingerprint density at radius 2 is 1.77 bits per heavy atom. The lowest BCUT2D eigenvalue weighted by Crippen LogP contribution is -2.58. The van der Waals surface area contributed by atoms with Crippen LogP contribution in [0, 0.1) is 0 Å². The maximum atomic E-state index is 6.34. The van der Waals surface area contributed by atoms with Crippen molar-refractivity contribution in [1.82, 2.24) is 4.98 Å². The summed E-state index contributed by atoms with van der Waals surface area (Å²) in [5.74, 6) is 1.38. The summed E-state index contributed by atoms with van der Waals surface area (Å²) < 4.78 is 5.97. The standard InChI is InChI=1S/C23H26N6O/c24-21-27-22(25)29(23(28-21)13-5-2-6-14-23)17-10-11-19-18(15-17)26-20(30-19)12-9-16-7-3-1-4-8-16/h1,3-4,7-8,10-11,15H,2,5-6,9,12-14H2,(H4,24,25,27,28). The monoisotopic (exact) mass is 402 g/mol. The molecule has 4 N–H and O–H groups in total. The average Bonchev–Trinajstić information content (AvgIpc) is 3.15. The minimum Gasteiger partial charge on any atom is -0.441 e. The fraction of sp³-hybridized carbons (Fsp3) is 0.348. The Kier molecular flexibility index (Phi) is 4.65. The third-order valence-corrected chi connectivity index (χ3v) is 6.00. The molecule has 0 unspecified atom stereocenters. The van der Waals surface area contributed by atoms with Crippen LogP contribution in [0.25, 0.3) is 11.1 Å². The smallest absolute Gasteiger partial charge is 0.220 e. The summed E-state index contributed by atoms with van der Waals surface area (Å²) in [6, 6.07) is 16.3. The van der Waals surface area contributed by atoms with Gasteiger partial charge < -0.3 is 15.9 Å². The molecule has 0 bridgehead atoms. The number of rotatable bonds is 4. The van der Waals surface area contributed by atoms with E-state index in [0.717, 1.165) is 61.2 Å². The van der Waals surface area contributed by atoms with Crippen molar-refractivity contribution in [3.05, 3.63) is 60.0 Å². The summed E-state index contributed by atoms with van der Waals surface area (Å²) in [5.41, 5.74) is 15.6. The molecule has 1 saturated carbocycles. The molecule has 1 spiro atoms. The molecular formula is C23H26N6O. The van der Waals surface area contributed by atoms with Crippen LogP contribution in [0.15, 0.2) is 62.9 Å². The zero-order chi connectivity index (χ0) is 20.6. The van der Waals surface area contributed by atoms with Gasteiger partial charge in [-0.2, -0.15) is 4.99 Å². The second kappa shape index (κ2) is 7.48. The number of hydrogen-bond donors (Lipinski definition) is 2. The second-order valence-corrected chi connectivity index (χ2v) is 8.06. The number of nitrogens with zero attached hydrogens (tertiary/aromatic N) is 4. The van der Waals surface area contributed by atoms with E-state index in [1.54, 1.807) is 0 Å². The Hall–Kier alpha value is -3.35. The molecule has 2 heterocycles. The largest absolute Gasteiger partial charge is 0.441 e. The number of benzene rings is 2. The molecule has 3 aromatic rings. The fourth-order valence-electron chi connectivity index (χ4n) is 4.60. The van der Waals surface area contributed by atoms with E-state index in [-0.39, 0.29) is 5.96 Å². The first-order chi connectivity index (χ1) is 14.6. The molecule has 0 saturated heterocycles. The third kappa shape index (κ3) is 3.40. The van der Waals surface area contributed by atoms with Gasteiger partial charge in [0, 0.05) is 12.1 Å². The molecule has 5 rings (SSSR count). The van der Waals surface area contributed by atoms with Gasteiger partial charge in [0.2, 0.25) is 11.9 Å².